The molecule has 1 aliphatic carbocycles. The number of piperidine rings is 1. The largest absolute Gasteiger partial charge is 0.349 e. The molecule has 0 radical (unpaired) electrons. The number of amides is 1. The van der Waals surface area contributed by atoms with Gasteiger partial charge < -0.3 is 5.32 Å². The second-order valence-corrected chi connectivity index (χ2v) is 5.53. The summed E-state index contributed by atoms with van der Waals surface area (Å²) in [5.74, 6) is 1.42. The molecule has 2 unspecified atom stereocenters. The summed E-state index contributed by atoms with van der Waals surface area (Å²) in [6.07, 6.45) is 3.42. The Balaban J connectivity index is 2.22. The molecule has 2 aliphatic rings. The van der Waals surface area contributed by atoms with Crippen LogP contribution in [0, 0.1) is 17.3 Å². The van der Waals surface area contributed by atoms with Crippen molar-refractivity contribution in [2.24, 2.45) is 17.3 Å². The highest BCUT2D eigenvalue weighted by Gasteiger charge is 2.47. The average Bonchev–Trinajstić information content (AvgIpc) is 2.10. The third kappa shape index (κ3) is 1.92. The van der Waals surface area contributed by atoms with Gasteiger partial charge in [0.15, 0.2) is 5.78 Å². The van der Waals surface area contributed by atoms with E-state index in [1.54, 1.807) is 0 Å². The minimum Gasteiger partial charge on any atom is -0.349 e. The summed E-state index contributed by atoms with van der Waals surface area (Å²) in [6.45, 7) is 4.61. The van der Waals surface area contributed by atoms with Crippen molar-refractivity contribution in [3.8, 4) is 0 Å². The molecule has 2 rings (SSSR count). The van der Waals surface area contributed by atoms with E-state index in [1.165, 1.54) is 6.42 Å². The third-order valence-electron chi connectivity index (χ3n) is 3.75. The van der Waals surface area contributed by atoms with Crippen LogP contribution in [0.15, 0.2) is 0 Å². The molecule has 1 heterocycles. The van der Waals surface area contributed by atoms with Crippen molar-refractivity contribution < 1.29 is 9.59 Å². The predicted octanol–water partition coefficient (Wildman–Crippen LogP) is 1.52. The van der Waals surface area contributed by atoms with Crippen LogP contribution in [0.3, 0.4) is 0 Å². The fourth-order valence-corrected chi connectivity index (χ4v) is 3.49. The second kappa shape index (κ2) is 3.62. The van der Waals surface area contributed by atoms with E-state index in [4.69, 9.17) is 0 Å². The second-order valence-electron chi connectivity index (χ2n) is 5.53. The van der Waals surface area contributed by atoms with Crippen LogP contribution in [0.5, 0.6) is 0 Å². The van der Waals surface area contributed by atoms with Gasteiger partial charge in [0.05, 0.1) is 12.0 Å². The lowest BCUT2D eigenvalue weighted by molar-refractivity contribution is -0.144. The van der Waals surface area contributed by atoms with Gasteiger partial charge in [-0.25, -0.2) is 0 Å². The lowest BCUT2D eigenvalue weighted by Gasteiger charge is -2.43. The van der Waals surface area contributed by atoms with Crippen LogP contribution < -0.4 is 5.32 Å². The standard InChI is InChI=1S/C12H19NO2/c1-8-3-9(2)5-12(4-8)6-10(14)7-13-11(12)15/h8-9H,3-7H2,1-2H3,(H,13,15). The van der Waals surface area contributed by atoms with E-state index in [1.807, 2.05) is 0 Å². The molecule has 1 amide bonds. The first kappa shape index (κ1) is 10.7. The molecule has 2 fully saturated rings. The molecule has 1 aliphatic heterocycles. The Morgan fingerprint density at radius 3 is 2.40 bits per heavy atom. The summed E-state index contributed by atoms with van der Waals surface area (Å²) in [5.41, 5.74) is -0.369. The SMILES string of the molecule is CC1CC(C)CC2(CC(=O)CNC2=O)C1. The minimum absolute atomic E-state index is 0.112. The Morgan fingerprint density at radius 1 is 1.20 bits per heavy atom. The molecule has 1 saturated heterocycles. The summed E-state index contributed by atoms with van der Waals surface area (Å²) in [4.78, 5) is 23.4. The fraction of sp³-hybridized carbons (Fsp3) is 0.833. The van der Waals surface area contributed by atoms with Crippen molar-refractivity contribution in [3.05, 3.63) is 0 Å². The lowest BCUT2D eigenvalue weighted by atomic mass is 9.62. The molecule has 0 bridgehead atoms. The molecule has 0 aromatic carbocycles. The van der Waals surface area contributed by atoms with Crippen molar-refractivity contribution in [2.75, 3.05) is 6.54 Å². The highest BCUT2D eigenvalue weighted by molar-refractivity contribution is 5.96. The highest BCUT2D eigenvalue weighted by Crippen LogP contribution is 2.45. The zero-order chi connectivity index (χ0) is 11.1. The molecule has 84 valence electrons. The van der Waals surface area contributed by atoms with Crippen molar-refractivity contribution in [1.29, 1.82) is 0 Å². The van der Waals surface area contributed by atoms with E-state index in [0.717, 1.165) is 12.8 Å². The van der Waals surface area contributed by atoms with Crippen LogP contribution in [0.1, 0.15) is 39.5 Å². The van der Waals surface area contributed by atoms with Crippen molar-refractivity contribution >= 4 is 11.7 Å². The van der Waals surface area contributed by atoms with Gasteiger partial charge in [0.1, 0.15) is 0 Å². The van der Waals surface area contributed by atoms with Gasteiger partial charge in [-0.15, -0.1) is 0 Å². The quantitative estimate of drug-likeness (QED) is 0.657. The normalized spacial score (nSPS) is 41.7. The molecular weight excluding hydrogens is 190 g/mol. The average molecular weight is 209 g/mol. The zero-order valence-corrected chi connectivity index (χ0v) is 9.51. The van der Waals surface area contributed by atoms with Crippen molar-refractivity contribution in [2.45, 2.75) is 39.5 Å². The number of hydrogen-bond donors (Lipinski definition) is 1. The van der Waals surface area contributed by atoms with E-state index < -0.39 is 0 Å². The van der Waals surface area contributed by atoms with Gasteiger partial charge in [0.25, 0.3) is 0 Å². The summed E-state index contributed by atoms with van der Waals surface area (Å²) < 4.78 is 0. The van der Waals surface area contributed by atoms with Crippen molar-refractivity contribution in [3.63, 3.8) is 0 Å². The maximum absolute atomic E-state index is 11.9. The molecule has 1 saturated carbocycles. The number of hydrogen-bond acceptors (Lipinski definition) is 2. The van der Waals surface area contributed by atoms with E-state index in [0.29, 0.717) is 18.3 Å². The molecule has 0 aromatic rings. The molecule has 1 N–H and O–H groups in total. The highest BCUT2D eigenvalue weighted by atomic mass is 16.2. The molecule has 1 spiro atoms. The monoisotopic (exact) mass is 209 g/mol. The topological polar surface area (TPSA) is 46.2 Å². The third-order valence-corrected chi connectivity index (χ3v) is 3.75. The smallest absolute Gasteiger partial charge is 0.227 e. The van der Waals surface area contributed by atoms with Crippen LogP contribution in [0.25, 0.3) is 0 Å². The number of ketones is 1. The summed E-state index contributed by atoms with van der Waals surface area (Å²) in [7, 11) is 0. The van der Waals surface area contributed by atoms with Gasteiger partial charge in [0, 0.05) is 6.42 Å². The zero-order valence-electron chi connectivity index (χ0n) is 9.51. The number of nitrogens with one attached hydrogen (secondary N) is 1. The Hall–Kier alpha value is -0.860. The number of rotatable bonds is 0. The summed E-state index contributed by atoms with van der Waals surface area (Å²) in [6, 6.07) is 0. The predicted molar refractivity (Wildman–Crippen MR) is 57.2 cm³/mol. The molecule has 0 aromatic heterocycles. The number of carbonyl (C=O) groups is 2. The first-order chi connectivity index (χ1) is 7.02. The Kier molecular flexibility index (Phi) is 2.57. The molecular formula is C12H19NO2. The van der Waals surface area contributed by atoms with E-state index >= 15 is 0 Å². The summed E-state index contributed by atoms with van der Waals surface area (Å²) >= 11 is 0. The van der Waals surface area contributed by atoms with Gasteiger partial charge in [-0.3, -0.25) is 9.59 Å². The van der Waals surface area contributed by atoms with Gasteiger partial charge in [-0.2, -0.15) is 0 Å². The van der Waals surface area contributed by atoms with Gasteiger partial charge in [0.2, 0.25) is 5.91 Å². The summed E-state index contributed by atoms with van der Waals surface area (Å²) in [5, 5.41) is 2.74. The van der Waals surface area contributed by atoms with E-state index in [9.17, 15) is 9.59 Å². The Labute approximate surface area is 90.6 Å². The van der Waals surface area contributed by atoms with Crippen LogP contribution >= 0.6 is 0 Å². The molecule has 3 heteroatoms. The van der Waals surface area contributed by atoms with E-state index in [2.05, 4.69) is 19.2 Å². The van der Waals surface area contributed by atoms with Gasteiger partial charge in [-0.1, -0.05) is 13.8 Å². The molecule has 3 nitrogen and oxygen atoms in total. The first-order valence-corrected chi connectivity index (χ1v) is 5.82. The Morgan fingerprint density at radius 2 is 1.80 bits per heavy atom. The Bertz CT molecular complexity index is 288. The van der Waals surface area contributed by atoms with E-state index in [-0.39, 0.29) is 23.7 Å². The maximum atomic E-state index is 11.9. The fourth-order valence-electron chi connectivity index (χ4n) is 3.49. The van der Waals surface area contributed by atoms with Crippen molar-refractivity contribution in [1.82, 2.24) is 5.32 Å². The minimum atomic E-state index is -0.369. The van der Waals surface area contributed by atoms with Gasteiger partial charge >= 0.3 is 0 Å². The van der Waals surface area contributed by atoms with Crippen LogP contribution in [0.4, 0.5) is 0 Å². The number of Topliss-reactive ketones (excluding diaryl/α,β-unsaturated/α-hetero) is 1. The molecule has 15 heavy (non-hydrogen) atoms. The molecule has 2 atom stereocenters. The van der Waals surface area contributed by atoms with Crippen LogP contribution in [0.2, 0.25) is 0 Å². The van der Waals surface area contributed by atoms with Crippen LogP contribution in [-0.2, 0) is 9.59 Å². The maximum Gasteiger partial charge on any atom is 0.227 e. The number of carbonyl (C=O) groups excluding carboxylic acids is 2. The first-order valence-electron chi connectivity index (χ1n) is 5.82. The lowest BCUT2D eigenvalue weighted by Crippen LogP contribution is -2.52. The van der Waals surface area contributed by atoms with Gasteiger partial charge in [-0.05, 0) is 31.1 Å². The van der Waals surface area contributed by atoms with Crippen LogP contribution in [-0.4, -0.2) is 18.2 Å².